The van der Waals surface area contributed by atoms with Gasteiger partial charge in [0.15, 0.2) is 0 Å². The summed E-state index contributed by atoms with van der Waals surface area (Å²) in [6.45, 7) is 0. The molecule has 0 spiro atoms. The van der Waals surface area contributed by atoms with Crippen molar-refractivity contribution in [1.82, 2.24) is 0 Å². The van der Waals surface area contributed by atoms with Crippen LogP contribution in [0, 0.1) is 0 Å². The maximum absolute atomic E-state index is 12.5. The predicted molar refractivity (Wildman–Crippen MR) is 87.4 cm³/mol. The molecule has 2 atom stereocenters. The highest BCUT2D eigenvalue weighted by Crippen LogP contribution is 2.54. The summed E-state index contributed by atoms with van der Waals surface area (Å²) in [4.78, 5) is 12.5. The lowest BCUT2D eigenvalue weighted by Crippen LogP contribution is -1.94. The summed E-state index contributed by atoms with van der Waals surface area (Å²) in [6.07, 6.45) is 0. The van der Waals surface area contributed by atoms with E-state index in [9.17, 15) is 4.79 Å². The van der Waals surface area contributed by atoms with Gasteiger partial charge in [0.05, 0.1) is 18.9 Å². The SMILES string of the molecule is COc1ccc2ccccc2c1C1C(=O)C1c1ccccc1. The second-order valence-corrected chi connectivity index (χ2v) is 5.67. The molecule has 2 heteroatoms. The van der Waals surface area contributed by atoms with Crippen molar-refractivity contribution in [3.05, 3.63) is 77.9 Å². The van der Waals surface area contributed by atoms with E-state index < -0.39 is 0 Å². The molecule has 3 aromatic carbocycles. The minimum atomic E-state index is -0.0940. The Morgan fingerprint density at radius 2 is 1.55 bits per heavy atom. The normalized spacial score (nSPS) is 20.1. The molecule has 3 aromatic rings. The molecule has 0 radical (unpaired) electrons. The second kappa shape index (κ2) is 4.99. The van der Waals surface area contributed by atoms with Crippen molar-refractivity contribution in [1.29, 1.82) is 0 Å². The van der Waals surface area contributed by atoms with E-state index in [-0.39, 0.29) is 17.6 Å². The zero-order chi connectivity index (χ0) is 15.1. The molecule has 4 rings (SSSR count). The third-order valence-corrected chi connectivity index (χ3v) is 4.46. The van der Waals surface area contributed by atoms with Crippen molar-refractivity contribution >= 4 is 16.6 Å². The van der Waals surface area contributed by atoms with Gasteiger partial charge in [-0.3, -0.25) is 4.79 Å². The van der Waals surface area contributed by atoms with Crippen molar-refractivity contribution in [2.75, 3.05) is 7.11 Å². The molecule has 0 heterocycles. The third kappa shape index (κ3) is 1.92. The van der Waals surface area contributed by atoms with Crippen LogP contribution < -0.4 is 4.74 Å². The fourth-order valence-electron chi connectivity index (χ4n) is 3.34. The summed E-state index contributed by atoms with van der Waals surface area (Å²) in [6, 6.07) is 22.2. The molecule has 0 bridgehead atoms. The molecule has 2 unspecified atom stereocenters. The number of Topliss-reactive ketones (excluding diaryl/α,β-unsaturated/α-hetero) is 1. The van der Waals surface area contributed by atoms with Crippen LogP contribution >= 0.6 is 0 Å². The predicted octanol–water partition coefficient (Wildman–Crippen LogP) is 4.30. The van der Waals surface area contributed by atoms with E-state index in [0.29, 0.717) is 0 Å². The average molecular weight is 288 g/mol. The van der Waals surface area contributed by atoms with Gasteiger partial charge in [-0.1, -0.05) is 60.7 Å². The molecule has 0 N–H and O–H groups in total. The summed E-state index contributed by atoms with van der Waals surface area (Å²) < 4.78 is 5.54. The Balaban J connectivity index is 1.86. The molecular weight excluding hydrogens is 272 g/mol. The summed E-state index contributed by atoms with van der Waals surface area (Å²) in [5.41, 5.74) is 2.12. The smallest absolute Gasteiger partial charge is 0.150 e. The van der Waals surface area contributed by atoms with Crippen LogP contribution in [-0.2, 0) is 4.79 Å². The monoisotopic (exact) mass is 288 g/mol. The molecule has 108 valence electrons. The van der Waals surface area contributed by atoms with Crippen LogP contribution in [0.25, 0.3) is 10.8 Å². The summed E-state index contributed by atoms with van der Waals surface area (Å²) in [7, 11) is 1.66. The lowest BCUT2D eigenvalue weighted by Gasteiger charge is -2.11. The van der Waals surface area contributed by atoms with Gasteiger partial charge in [-0.15, -0.1) is 0 Å². The van der Waals surface area contributed by atoms with Gasteiger partial charge in [0.25, 0.3) is 0 Å². The van der Waals surface area contributed by atoms with E-state index in [4.69, 9.17) is 4.74 Å². The molecule has 0 aliphatic heterocycles. The van der Waals surface area contributed by atoms with E-state index in [1.165, 1.54) is 0 Å². The van der Waals surface area contributed by atoms with Gasteiger partial charge in [0, 0.05) is 5.56 Å². The highest BCUT2D eigenvalue weighted by molar-refractivity contribution is 6.12. The zero-order valence-electron chi connectivity index (χ0n) is 12.3. The molecule has 1 saturated carbocycles. The highest BCUT2D eigenvalue weighted by Gasteiger charge is 2.52. The van der Waals surface area contributed by atoms with Crippen molar-refractivity contribution in [3.8, 4) is 5.75 Å². The second-order valence-electron chi connectivity index (χ2n) is 5.67. The van der Waals surface area contributed by atoms with Crippen LogP contribution in [0.15, 0.2) is 66.7 Å². The minimum Gasteiger partial charge on any atom is -0.496 e. The van der Waals surface area contributed by atoms with E-state index in [2.05, 4.69) is 12.1 Å². The number of hydrogen-bond acceptors (Lipinski definition) is 2. The Hall–Kier alpha value is -2.61. The lowest BCUT2D eigenvalue weighted by molar-refractivity contribution is -0.110. The highest BCUT2D eigenvalue weighted by atomic mass is 16.5. The third-order valence-electron chi connectivity index (χ3n) is 4.46. The van der Waals surface area contributed by atoms with E-state index in [1.54, 1.807) is 7.11 Å². The first-order chi connectivity index (χ1) is 10.8. The number of hydrogen-bond donors (Lipinski definition) is 0. The summed E-state index contributed by atoms with van der Waals surface area (Å²) in [5, 5.41) is 2.25. The molecule has 0 saturated heterocycles. The first-order valence-electron chi connectivity index (χ1n) is 7.45. The number of carbonyl (C=O) groups excluding carboxylic acids is 1. The maximum atomic E-state index is 12.5. The minimum absolute atomic E-state index is 0.0408. The molecule has 1 aliphatic carbocycles. The Bertz CT molecular complexity index is 852. The number of ketones is 1. The summed E-state index contributed by atoms with van der Waals surface area (Å²) in [5.74, 6) is 0.945. The quantitative estimate of drug-likeness (QED) is 0.718. The fraction of sp³-hybridized carbons (Fsp3) is 0.150. The van der Waals surface area contributed by atoms with E-state index in [1.807, 2.05) is 54.6 Å². The van der Waals surface area contributed by atoms with Crippen molar-refractivity contribution in [3.63, 3.8) is 0 Å². The molecule has 0 aromatic heterocycles. The molecule has 0 amide bonds. The van der Waals surface area contributed by atoms with Crippen molar-refractivity contribution in [2.24, 2.45) is 0 Å². The van der Waals surface area contributed by atoms with Gasteiger partial charge in [-0.05, 0) is 22.4 Å². The Labute approximate surface area is 129 Å². The van der Waals surface area contributed by atoms with Crippen LogP contribution in [0.5, 0.6) is 5.75 Å². The molecule has 2 nitrogen and oxygen atoms in total. The number of fused-ring (bicyclic) bond motifs is 1. The number of carbonyl (C=O) groups is 1. The van der Waals surface area contributed by atoms with Crippen LogP contribution in [0.3, 0.4) is 0 Å². The Morgan fingerprint density at radius 3 is 2.32 bits per heavy atom. The van der Waals surface area contributed by atoms with Crippen molar-refractivity contribution < 1.29 is 9.53 Å². The summed E-state index contributed by atoms with van der Waals surface area (Å²) >= 11 is 0. The fourth-order valence-corrected chi connectivity index (χ4v) is 3.34. The lowest BCUT2D eigenvalue weighted by atomic mass is 9.97. The molecule has 1 aliphatic rings. The Morgan fingerprint density at radius 1 is 0.818 bits per heavy atom. The number of ether oxygens (including phenoxy) is 1. The topological polar surface area (TPSA) is 26.3 Å². The van der Waals surface area contributed by atoms with Gasteiger partial charge in [0.2, 0.25) is 0 Å². The molecule has 22 heavy (non-hydrogen) atoms. The van der Waals surface area contributed by atoms with E-state index in [0.717, 1.165) is 27.6 Å². The molecule has 1 fully saturated rings. The maximum Gasteiger partial charge on any atom is 0.150 e. The van der Waals surface area contributed by atoms with Crippen LogP contribution in [0.2, 0.25) is 0 Å². The van der Waals surface area contributed by atoms with Gasteiger partial charge in [-0.2, -0.15) is 0 Å². The van der Waals surface area contributed by atoms with Crippen LogP contribution in [-0.4, -0.2) is 12.9 Å². The number of benzene rings is 3. The van der Waals surface area contributed by atoms with Gasteiger partial charge >= 0.3 is 0 Å². The Kier molecular flexibility index (Phi) is 2.97. The standard InChI is InChI=1S/C20H16O2/c1-22-16-12-11-13-7-5-6-10-15(13)18(16)19-17(20(19)21)14-8-3-2-4-9-14/h2-12,17,19H,1H3. The van der Waals surface area contributed by atoms with Gasteiger partial charge < -0.3 is 4.74 Å². The van der Waals surface area contributed by atoms with Gasteiger partial charge in [0.1, 0.15) is 11.5 Å². The largest absolute Gasteiger partial charge is 0.496 e. The van der Waals surface area contributed by atoms with Gasteiger partial charge in [-0.25, -0.2) is 0 Å². The van der Waals surface area contributed by atoms with Crippen LogP contribution in [0.1, 0.15) is 23.0 Å². The van der Waals surface area contributed by atoms with Crippen molar-refractivity contribution in [2.45, 2.75) is 11.8 Å². The van der Waals surface area contributed by atoms with E-state index >= 15 is 0 Å². The zero-order valence-corrected chi connectivity index (χ0v) is 12.3. The number of rotatable bonds is 3. The van der Waals surface area contributed by atoms with Crippen LogP contribution in [0.4, 0.5) is 0 Å². The molecular formula is C20H16O2. The average Bonchev–Trinajstić information content (AvgIpc) is 3.25. The first-order valence-corrected chi connectivity index (χ1v) is 7.45. The number of methoxy groups -OCH3 is 1. The first kappa shape index (κ1) is 13.1.